The highest BCUT2D eigenvalue weighted by molar-refractivity contribution is 6.21. The van der Waals surface area contributed by atoms with Gasteiger partial charge in [0.25, 0.3) is 17.7 Å². The number of carbonyl (C=O) groups is 3. The highest BCUT2D eigenvalue weighted by atomic mass is 19.4. The third-order valence-corrected chi connectivity index (χ3v) is 4.91. The van der Waals surface area contributed by atoms with Crippen LogP contribution < -0.4 is 5.32 Å². The van der Waals surface area contributed by atoms with Crippen molar-refractivity contribution in [1.82, 2.24) is 14.7 Å². The predicted octanol–water partition coefficient (Wildman–Crippen LogP) is 3.68. The van der Waals surface area contributed by atoms with E-state index in [-0.39, 0.29) is 22.5 Å². The summed E-state index contributed by atoms with van der Waals surface area (Å²) in [6.45, 7) is 1.79. The summed E-state index contributed by atoms with van der Waals surface area (Å²) >= 11 is 0. The molecule has 1 N–H and O–H groups in total. The number of fused-ring (bicyclic) bond motifs is 1. The van der Waals surface area contributed by atoms with Gasteiger partial charge in [-0.05, 0) is 37.3 Å². The summed E-state index contributed by atoms with van der Waals surface area (Å²) in [5.41, 5.74) is -0.574. The summed E-state index contributed by atoms with van der Waals surface area (Å²) in [5, 5.41) is 6.12. The normalized spacial score (nSPS) is 13.5. The van der Waals surface area contributed by atoms with Crippen LogP contribution in [0.15, 0.2) is 48.7 Å². The van der Waals surface area contributed by atoms with Gasteiger partial charge in [0, 0.05) is 12.7 Å². The smallest absolute Gasteiger partial charge is 0.322 e. The van der Waals surface area contributed by atoms with Gasteiger partial charge >= 0.3 is 6.18 Å². The van der Waals surface area contributed by atoms with E-state index in [9.17, 15) is 27.6 Å². The van der Waals surface area contributed by atoms with Gasteiger partial charge in [-0.3, -0.25) is 19.3 Å². The van der Waals surface area contributed by atoms with Crippen LogP contribution in [0.25, 0.3) is 5.69 Å². The maximum absolute atomic E-state index is 13.8. The molecule has 2 heterocycles. The molecule has 10 heteroatoms. The van der Waals surface area contributed by atoms with E-state index in [1.165, 1.54) is 37.4 Å². The van der Waals surface area contributed by atoms with Crippen LogP contribution in [0.2, 0.25) is 0 Å². The van der Waals surface area contributed by atoms with Crippen molar-refractivity contribution in [2.24, 2.45) is 0 Å². The van der Waals surface area contributed by atoms with Crippen LogP contribution in [0.3, 0.4) is 0 Å². The van der Waals surface area contributed by atoms with Crippen LogP contribution in [0, 0.1) is 6.92 Å². The van der Waals surface area contributed by atoms with Crippen molar-refractivity contribution >= 4 is 23.4 Å². The van der Waals surface area contributed by atoms with E-state index in [0.717, 1.165) is 16.7 Å². The van der Waals surface area contributed by atoms with E-state index >= 15 is 0 Å². The molecule has 3 amide bonds. The van der Waals surface area contributed by atoms with Crippen LogP contribution in [-0.4, -0.2) is 39.4 Å². The Morgan fingerprint density at radius 1 is 1.00 bits per heavy atom. The first kappa shape index (κ1) is 20.3. The number of carbonyl (C=O) groups excluding carboxylic acids is 3. The van der Waals surface area contributed by atoms with Gasteiger partial charge in [0.05, 0.1) is 28.6 Å². The lowest BCUT2D eigenvalue weighted by molar-refractivity contribution is -0.143. The SMILES string of the molecule is Cc1ccc(-n2ncc(C(=O)Nc3ccc4c(c3)C(=O)N(C)C4=O)c2C(F)(F)F)cc1. The number of nitrogens with one attached hydrogen (secondary N) is 1. The van der Waals surface area contributed by atoms with Gasteiger partial charge in [-0.15, -0.1) is 0 Å². The van der Waals surface area contributed by atoms with Crippen molar-refractivity contribution in [3.8, 4) is 5.69 Å². The summed E-state index contributed by atoms with van der Waals surface area (Å²) in [7, 11) is 1.32. The van der Waals surface area contributed by atoms with Crippen LogP contribution in [0.1, 0.15) is 42.3 Å². The van der Waals surface area contributed by atoms with Gasteiger partial charge in [0.2, 0.25) is 0 Å². The third-order valence-electron chi connectivity index (χ3n) is 4.91. The number of hydrogen-bond donors (Lipinski definition) is 1. The monoisotopic (exact) mass is 428 g/mol. The van der Waals surface area contributed by atoms with Gasteiger partial charge in [-0.1, -0.05) is 17.7 Å². The van der Waals surface area contributed by atoms with E-state index in [2.05, 4.69) is 10.4 Å². The maximum atomic E-state index is 13.8. The van der Waals surface area contributed by atoms with Gasteiger partial charge in [0.1, 0.15) is 0 Å². The molecule has 0 atom stereocenters. The first-order valence-electron chi connectivity index (χ1n) is 9.08. The van der Waals surface area contributed by atoms with Crippen molar-refractivity contribution in [1.29, 1.82) is 0 Å². The number of alkyl halides is 3. The third kappa shape index (κ3) is 3.45. The van der Waals surface area contributed by atoms with Crippen LogP contribution in [0.5, 0.6) is 0 Å². The highest BCUT2D eigenvalue weighted by Crippen LogP contribution is 2.34. The summed E-state index contributed by atoms with van der Waals surface area (Å²) in [6.07, 6.45) is -4.01. The molecule has 4 rings (SSSR count). The zero-order valence-corrected chi connectivity index (χ0v) is 16.3. The minimum Gasteiger partial charge on any atom is -0.322 e. The molecule has 2 aromatic carbocycles. The molecule has 0 saturated heterocycles. The molecule has 0 bridgehead atoms. The van der Waals surface area contributed by atoms with E-state index in [4.69, 9.17) is 0 Å². The molecule has 0 aliphatic carbocycles. The van der Waals surface area contributed by atoms with Gasteiger partial charge in [-0.2, -0.15) is 18.3 Å². The molecule has 0 saturated carbocycles. The van der Waals surface area contributed by atoms with Crippen molar-refractivity contribution in [3.63, 3.8) is 0 Å². The number of hydrogen-bond acceptors (Lipinski definition) is 4. The Bertz CT molecular complexity index is 1230. The Morgan fingerprint density at radius 2 is 1.65 bits per heavy atom. The number of benzene rings is 2. The Labute approximate surface area is 174 Å². The second-order valence-corrected chi connectivity index (χ2v) is 7.04. The topological polar surface area (TPSA) is 84.3 Å². The number of anilines is 1. The number of aryl methyl sites for hydroxylation is 1. The van der Waals surface area contributed by atoms with E-state index in [0.29, 0.717) is 4.68 Å². The average molecular weight is 428 g/mol. The Hall–Kier alpha value is -3.95. The lowest BCUT2D eigenvalue weighted by Crippen LogP contribution is -2.24. The fourth-order valence-electron chi connectivity index (χ4n) is 3.31. The molecule has 0 spiro atoms. The number of nitrogens with zero attached hydrogens (tertiary/aromatic N) is 3. The number of aromatic nitrogens is 2. The fraction of sp³-hybridized carbons (Fsp3) is 0.143. The number of rotatable bonds is 3. The average Bonchev–Trinajstić information content (AvgIpc) is 3.26. The Balaban J connectivity index is 1.69. The van der Waals surface area contributed by atoms with Crippen molar-refractivity contribution in [2.75, 3.05) is 12.4 Å². The zero-order chi connectivity index (χ0) is 22.5. The molecule has 7 nitrogen and oxygen atoms in total. The second kappa shape index (κ2) is 7.08. The predicted molar refractivity (Wildman–Crippen MR) is 104 cm³/mol. The molecule has 158 valence electrons. The minimum absolute atomic E-state index is 0.0664. The molecule has 3 aromatic rings. The lowest BCUT2D eigenvalue weighted by Gasteiger charge is -2.13. The fourth-order valence-corrected chi connectivity index (χ4v) is 3.31. The van der Waals surface area contributed by atoms with Gasteiger partial charge in [-0.25, -0.2) is 4.68 Å². The maximum Gasteiger partial charge on any atom is 0.434 e. The van der Waals surface area contributed by atoms with E-state index in [1.54, 1.807) is 19.1 Å². The zero-order valence-electron chi connectivity index (χ0n) is 16.3. The summed E-state index contributed by atoms with van der Waals surface area (Å²) < 4.78 is 42.0. The molecule has 0 fully saturated rings. The number of imide groups is 1. The van der Waals surface area contributed by atoms with Crippen LogP contribution >= 0.6 is 0 Å². The highest BCUT2D eigenvalue weighted by Gasteiger charge is 2.41. The first-order chi connectivity index (χ1) is 14.6. The Morgan fingerprint density at radius 3 is 2.29 bits per heavy atom. The summed E-state index contributed by atoms with van der Waals surface area (Å²) in [4.78, 5) is 37.7. The summed E-state index contributed by atoms with van der Waals surface area (Å²) in [6, 6.07) is 10.2. The number of amides is 3. The first-order valence-corrected chi connectivity index (χ1v) is 9.08. The largest absolute Gasteiger partial charge is 0.434 e. The van der Waals surface area contributed by atoms with Crippen LogP contribution in [-0.2, 0) is 6.18 Å². The van der Waals surface area contributed by atoms with E-state index < -0.39 is 35.2 Å². The standard InChI is InChI=1S/C21H15F3N4O3/c1-11-3-6-13(7-4-11)28-17(21(22,23)24)16(10-25-28)18(29)26-12-5-8-14-15(9-12)20(31)27(2)19(14)30/h3-10H,1-2H3,(H,26,29). The Kier molecular flexibility index (Phi) is 4.64. The molecule has 0 radical (unpaired) electrons. The summed E-state index contributed by atoms with van der Waals surface area (Å²) in [5.74, 6) is -2.09. The quantitative estimate of drug-likeness (QED) is 0.645. The van der Waals surface area contributed by atoms with Crippen LogP contribution in [0.4, 0.5) is 18.9 Å². The minimum atomic E-state index is -4.85. The van der Waals surface area contributed by atoms with Crippen molar-refractivity contribution in [2.45, 2.75) is 13.1 Å². The molecule has 1 aromatic heterocycles. The lowest BCUT2D eigenvalue weighted by atomic mass is 10.1. The second-order valence-electron chi connectivity index (χ2n) is 7.04. The molecular formula is C21H15F3N4O3. The van der Waals surface area contributed by atoms with Gasteiger partial charge in [0.15, 0.2) is 5.69 Å². The molecule has 1 aliphatic heterocycles. The van der Waals surface area contributed by atoms with E-state index in [1.807, 2.05) is 0 Å². The number of halogens is 3. The molecular weight excluding hydrogens is 413 g/mol. The van der Waals surface area contributed by atoms with Gasteiger partial charge < -0.3 is 5.32 Å². The molecule has 31 heavy (non-hydrogen) atoms. The van der Waals surface area contributed by atoms with Crippen molar-refractivity contribution < 1.29 is 27.6 Å². The van der Waals surface area contributed by atoms with Crippen molar-refractivity contribution in [3.05, 3.63) is 76.6 Å². The molecule has 0 unspecified atom stereocenters. The molecule has 1 aliphatic rings.